The minimum atomic E-state index is 0.292. The summed E-state index contributed by atoms with van der Waals surface area (Å²) in [6, 6.07) is 26.1. The normalized spacial score (nSPS) is 23.8. The van der Waals surface area contributed by atoms with Gasteiger partial charge in [-0.25, -0.2) is 0 Å². The summed E-state index contributed by atoms with van der Waals surface area (Å²) in [5.41, 5.74) is 7.10. The first-order valence-electron chi connectivity index (χ1n) is 13.3. The molecule has 1 heterocycles. The minimum absolute atomic E-state index is 0.292. The lowest BCUT2D eigenvalue weighted by Gasteiger charge is -2.44. The number of Topliss-reactive ketones (excluding diaryl/α,β-unsaturated/α-hetero) is 1. The number of ketones is 1. The van der Waals surface area contributed by atoms with Crippen LogP contribution in [0.3, 0.4) is 0 Å². The van der Waals surface area contributed by atoms with Crippen molar-refractivity contribution >= 4 is 11.5 Å². The number of hydrogen-bond donors (Lipinski definition) is 1. The minimum Gasteiger partial charge on any atom is -0.508 e. The molecule has 3 heteroatoms. The van der Waals surface area contributed by atoms with Crippen molar-refractivity contribution in [2.75, 3.05) is 18.0 Å². The van der Waals surface area contributed by atoms with Crippen molar-refractivity contribution in [3.63, 3.8) is 0 Å². The van der Waals surface area contributed by atoms with Crippen LogP contribution in [0.4, 0.5) is 5.69 Å². The zero-order valence-corrected chi connectivity index (χ0v) is 20.5. The second-order valence-corrected chi connectivity index (χ2v) is 11.0. The lowest BCUT2D eigenvalue weighted by atomic mass is 9.67. The van der Waals surface area contributed by atoms with E-state index < -0.39 is 0 Å². The molecule has 0 amide bonds. The van der Waals surface area contributed by atoms with Crippen LogP contribution in [-0.4, -0.2) is 24.0 Å². The molecule has 3 aromatic rings. The Morgan fingerprint density at radius 1 is 0.771 bits per heavy atom. The Bertz CT molecular complexity index is 1180. The smallest absolute Gasteiger partial charge is 0.132 e. The molecule has 6 rings (SSSR count). The molecule has 2 aliphatic carbocycles. The van der Waals surface area contributed by atoms with E-state index in [1.165, 1.54) is 40.8 Å². The first kappa shape index (κ1) is 22.4. The first-order valence-corrected chi connectivity index (χ1v) is 13.3. The molecule has 3 aromatic carbocycles. The molecule has 35 heavy (non-hydrogen) atoms. The Kier molecular flexibility index (Phi) is 5.88. The summed E-state index contributed by atoms with van der Waals surface area (Å²) in [6.45, 7) is 2.18. The van der Waals surface area contributed by atoms with Gasteiger partial charge in [-0.1, -0.05) is 48.5 Å². The highest BCUT2D eigenvalue weighted by atomic mass is 16.3. The molecule has 0 bridgehead atoms. The summed E-state index contributed by atoms with van der Waals surface area (Å²) < 4.78 is 0. The highest BCUT2D eigenvalue weighted by Gasteiger charge is 2.38. The third-order valence-corrected chi connectivity index (χ3v) is 9.13. The van der Waals surface area contributed by atoms with Crippen LogP contribution in [0.2, 0.25) is 0 Å². The predicted molar refractivity (Wildman–Crippen MR) is 141 cm³/mol. The highest BCUT2D eigenvalue weighted by Crippen LogP contribution is 2.48. The summed E-state index contributed by atoms with van der Waals surface area (Å²) >= 11 is 0. The lowest BCUT2D eigenvalue weighted by molar-refractivity contribution is -0.122. The van der Waals surface area contributed by atoms with Crippen LogP contribution in [0.15, 0.2) is 72.8 Å². The van der Waals surface area contributed by atoms with E-state index in [9.17, 15) is 9.90 Å². The molecule has 1 saturated carbocycles. The topological polar surface area (TPSA) is 40.5 Å². The number of aryl methyl sites for hydroxylation is 1. The van der Waals surface area contributed by atoms with Gasteiger partial charge < -0.3 is 10.0 Å². The van der Waals surface area contributed by atoms with Crippen LogP contribution >= 0.6 is 0 Å². The number of hydrogen-bond acceptors (Lipinski definition) is 3. The molecule has 180 valence electrons. The van der Waals surface area contributed by atoms with Crippen molar-refractivity contribution in [3.8, 4) is 5.75 Å². The number of rotatable bonds is 3. The maximum absolute atomic E-state index is 11.7. The van der Waals surface area contributed by atoms with Crippen molar-refractivity contribution < 1.29 is 9.90 Å². The van der Waals surface area contributed by atoms with Gasteiger partial charge >= 0.3 is 0 Å². The van der Waals surface area contributed by atoms with Gasteiger partial charge in [-0.2, -0.15) is 0 Å². The summed E-state index contributed by atoms with van der Waals surface area (Å²) in [6.07, 6.45) is 8.26. The van der Waals surface area contributed by atoms with Gasteiger partial charge in [0.25, 0.3) is 0 Å². The standard InChI is InChI=1S/C32H35NO2/c34-27-14-16-32(17-15-27)18-20-33(21-19-32)26-9-6-24(7-10-26)31-29(23-4-2-1-3-5-23)12-8-25-22-28(35)11-13-30(25)31/h1-7,9-11,13,22,29,31,35H,8,12,14-21H2/t29-,31+/m1/s1. The highest BCUT2D eigenvalue weighted by molar-refractivity contribution is 5.79. The van der Waals surface area contributed by atoms with E-state index >= 15 is 0 Å². The average molecular weight is 466 g/mol. The van der Waals surface area contributed by atoms with Crippen LogP contribution in [0.25, 0.3) is 0 Å². The van der Waals surface area contributed by atoms with E-state index in [1.54, 1.807) is 0 Å². The van der Waals surface area contributed by atoms with Gasteiger partial charge in [-0.05, 0) is 96.4 Å². The van der Waals surface area contributed by atoms with Crippen molar-refractivity contribution in [2.24, 2.45) is 5.41 Å². The number of phenols is 1. The van der Waals surface area contributed by atoms with Crippen molar-refractivity contribution in [1.29, 1.82) is 0 Å². The number of phenolic OH excluding ortho intramolecular Hbond substituents is 1. The van der Waals surface area contributed by atoms with Crippen LogP contribution < -0.4 is 4.90 Å². The molecule has 1 spiro atoms. The van der Waals surface area contributed by atoms with Crippen molar-refractivity contribution in [2.45, 2.75) is 63.2 Å². The molecule has 3 aliphatic rings. The van der Waals surface area contributed by atoms with Gasteiger partial charge in [0.15, 0.2) is 0 Å². The molecule has 2 fully saturated rings. The molecule has 1 saturated heterocycles. The molecule has 0 radical (unpaired) electrons. The monoisotopic (exact) mass is 465 g/mol. The van der Waals surface area contributed by atoms with E-state index in [0.29, 0.717) is 28.8 Å². The number of piperidine rings is 1. The molecule has 1 aliphatic heterocycles. The Morgan fingerprint density at radius 2 is 1.49 bits per heavy atom. The van der Waals surface area contributed by atoms with Gasteiger partial charge in [0.1, 0.15) is 11.5 Å². The summed E-state index contributed by atoms with van der Waals surface area (Å²) in [5.74, 6) is 1.55. The fourth-order valence-corrected chi connectivity index (χ4v) is 6.97. The zero-order valence-electron chi connectivity index (χ0n) is 20.5. The number of fused-ring (bicyclic) bond motifs is 1. The fourth-order valence-electron chi connectivity index (χ4n) is 6.97. The quantitative estimate of drug-likeness (QED) is 0.453. The fraction of sp³-hybridized carbons (Fsp3) is 0.406. The van der Waals surface area contributed by atoms with Gasteiger partial charge in [-0.3, -0.25) is 4.79 Å². The van der Waals surface area contributed by atoms with E-state index in [-0.39, 0.29) is 0 Å². The Hall–Kier alpha value is -3.07. The van der Waals surface area contributed by atoms with Crippen LogP contribution in [-0.2, 0) is 11.2 Å². The van der Waals surface area contributed by atoms with Gasteiger partial charge in [0.2, 0.25) is 0 Å². The predicted octanol–water partition coefficient (Wildman–Crippen LogP) is 6.98. The Balaban J connectivity index is 1.25. The molecule has 1 N–H and O–H groups in total. The molecule has 0 aromatic heterocycles. The Labute approximate surface area is 208 Å². The van der Waals surface area contributed by atoms with Gasteiger partial charge in [-0.15, -0.1) is 0 Å². The van der Waals surface area contributed by atoms with Gasteiger partial charge in [0.05, 0.1) is 0 Å². The zero-order chi connectivity index (χ0) is 23.8. The average Bonchev–Trinajstić information content (AvgIpc) is 2.91. The SMILES string of the molecule is O=C1CCC2(CC1)CCN(c1ccc([C@@H]3c4ccc(O)cc4CC[C@@H]3c3ccccc3)cc1)CC2. The van der Waals surface area contributed by atoms with Crippen LogP contribution in [0, 0.1) is 5.41 Å². The number of aromatic hydroxyl groups is 1. The second kappa shape index (κ2) is 9.18. The van der Waals surface area contributed by atoms with Crippen molar-refractivity contribution in [1.82, 2.24) is 0 Å². The first-order chi connectivity index (χ1) is 17.1. The third-order valence-electron chi connectivity index (χ3n) is 9.13. The molecular formula is C32H35NO2. The van der Waals surface area contributed by atoms with Crippen LogP contribution in [0.5, 0.6) is 5.75 Å². The Morgan fingerprint density at radius 3 is 2.20 bits per heavy atom. The van der Waals surface area contributed by atoms with E-state index in [4.69, 9.17) is 0 Å². The molecule has 2 atom stereocenters. The third kappa shape index (κ3) is 4.37. The number of anilines is 1. The maximum atomic E-state index is 11.7. The maximum Gasteiger partial charge on any atom is 0.132 e. The van der Waals surface area contributed by atoms with E-state index in [0.717, 1.165) is 51.6 Å². The summed E-state index contributed by atoms with van der Waals surface area (Å²) in [5, 5.41) is 10.1. The molecule has 3 nitrogen and oxygen atoms in total. The number of nitrogens with zero attached hydrogens (tertiary/aromatic N) is 1. The van der Waals surface area contributed by atoms with E-state index in [1.807, 2.05) is 12.1 Å². The van der Waals surface area contributed by atoms with Gasteiger partial charge in [0, 0.05) is 37.5 Å². The number of benzene rings is 3. The largest absolute Gasteiger partial charge is 0.508 e. The second-order valence-electron chi connectivity index (χ2n) is 11.0. The number of carbonyl (C=O) groups excluding carboxylic acids is 1. The summed E-state index contributed by atoms with van der Waals surface area (Å²) in [7, 11) is 0. The lowest BCUT2D eigenvalue weighted by Crippen LogP contribution is -2.42. The molecule has 0 unspecified atom stereocenters. The van der Waals surface area contributed by atoms with Crippen LogP contribution in [0.1, 0.15) is 79.0 Å². The van der Waals surface area contributed by atoms with E-state index in [2.05, 4.69) is 65.6 Å². The summed E-state index contributed by atoms with van der Waals surface area (Å²) in [4.78, 5) is 14.3. The van der Waals surface area contributed by atoms with Crippen molar-refractivity contribution in [3.05, 3.63) is 95.1 Å². The molecular weight excluding hydrogens is 430 g/mol. The number of carbonyl (C=O) groups is 1.